The number of rotatable bonds is 0. The fourth-order valence-electron chi connectivity index (χ4n) is 0.642. The number of benzene rings is 1. The third-order valence-corrected chi connectivity index (χ3v) is 7.48. The van der Waals surface area contributed by atoms with E-state index < -0.39 is 0 Å². The molecule has 1 nitrogen and oxygen atoms in total. The minimum absolute atomic E-state index is 0.0286. The Hall–Kier alpha value is 0.640. The van der Waals surface area contributed by atoms with Gasteiger partial charge >= 0.3 is 76.0 Å². The van der Waals surface area contributed by atoms with Crippen LogP contribution in [0.1, 0.15) is 0 Å². The Morgan fingerprint density at radius 1 is 1.00 bits per heavy atom. The Morgan fingerprint density at radius 2 is 1.56 bits per heavy atom. The SMILES string of the molecule is c1ccc2c(c1)[I-]O[I-]2. The summed E-state index contributed by atoms with van der Waals surface area (Å²) in [4.78, 5) is 0. The first-order valence-corrected chi connectivity index (χ1v) is 6.43. The molecule has 0 bridgehead atoms. The molecule has 1 heterocycles. The first-order valence-electron chi connectivity index (χ1n) is 2.51. The van der Waals surface area contributed by atoms with Gasteiger partial charge < -0.3 is 0 Å². The van der Waals surface area contributed by atoms with Crippen LogP contribution in [0, 0.1) is 7.14 Å². The molecule has 0 saturated carbocycles. The summed E-state index contributed by atoms with van der Waals surface area (Å²) in [6, 6.07) is 8.57. The molecule has 0 unspecified atom stereocenters. The van der Waals surface area contributed by atoms with Gasteiger partial charge in [-0.3, -0.25) is 0 Å². The van der Waals surface area contributed by atoms with E-state index in [9.17, 15) is 0 Å². The molecular weight excluding hydrogens is 342 g/mol. The van der Waals surface area contributed by atoms with Crippen molar-refractivity contribution in [2.24, 2.45) is 0 Å². The van der Waals surface area contributed by atoms with Crippen LogP contribution >= 0.6 is 0 Å². The van der Waals surface area contributed by atoms with Crippen molar-refractivity contribution in [2.45, 2.75) is 0 Å². The van der Waals surface area contributed by atoms with Crippen molar-refractivity contribution >= 4 is 0 Å². The first kappa shape index (κ1) is 6.36. The van der Waals surface area contributed by atoms with Crippen LogP contribution in [0.4, 0.5) is 0 Å². The number of fused-ring (bicyclic) bond motifs is 1. The summed E-state index contributed by atoms with van der Waals surface area (Å²) in [6.07, 6.45) is 0. The molecule has 50 valence electrons. The molecule has 1 aliphatic rings. The second kappa shape index (κ2) is 2.71. The molecule has 1 aliphatic heterocycles. The Labute approximate surface area is 75.4 Å². The van der Waals surface area contributed by atoms with Crippen molar-refractivity contribution in [3.8, 4) is 0 Å². The van der Waals surface area contributed by atoms with Crippen LogP contribution in [0.2, 0.25) is 0 Å². The normalized spacial score (nSPS) is 17.3. The average molecular weight is 346 g/mol. The van der Waals surface area contributed by atoms with E-state index in [1.54, 1.807) is 0 Å². The summed E-state index contributed by atoms with van der Waals surface area (Å²) < 4.78 is 8.44. The van der Waals surface area contributed by atoms with Gasteiger partial charge in [0.05, 0.1) is 0 Å². The molecule has 0 aromatic heterocycles. The van der Waals surface area contributed by atoms with E-state index in [4.69, 9.17) is 1.40 Å². The maximum atomic E-state index is 5.43. The van der Waals surface area contributed by atoms with E-state index in [-0.39, 0.29) is 43.2 Å². The molecule has 2 rings (SSSR count). The Balaban J connectivity index is 2.54. The van der Waals surface area contributed by atoms with Gasteiger partial charge in [0.15, 0.2) is 0 Å². The summed E-state index contributed by atoms with van der Waals surface area (Å²) >= 11 is -0.0572. The van der Waals surface area contributed by atoms with E-state index in [0.29, 0.717) is 0 Å². The molecule has 0 amide bonds. The van der Waals surface area contributed by atoms with Gasteiger partial charge in [-0.1, -0.05) is 0 Å². The van der Waals surface area contributed by atoms with Gasteiger partial charge in [-0.25, -0.2) is 0 Å². The van der Waals surface area contributed by atoms with Crippen molar-refractivity contribution in [1.29, 1.82) is 0 Å². The maximum absolute atomic E-state index is 5.43. The molecular formula is C6H4I2O-2. The molecule has 1 aromatic carbocycles. The predicted octanol–water partition coefficient (Wildman–Crippen LogP) is -4.94. The molecule has 0 aliphatic carbocycles. The van der Waals surface area contributed by atoms with Crippen LogP contribution in [-0.2, 0) is 1.40 Å². The van der Waals surface area contributed by atoms with Crippen molar-refractivity contribution in [3.05, 3.63) is 31.4 Å². The zero-order valence-electron chi connectivity index (χ0n) is 4.47. The van der Waals surface area contributed by atoms with Gasteiger partial charge in [-0.15, -0.1) is 0 Å². The molecule has 3 heteroatoms. The van der Waals surface area contributed by atoms with Crippen molar-refractivity contribution in [1.82, 2.24) is 0 Å². The molecule has 1 aromatic rings. The molecule has 0 fully saturated rings. The average Bonchev–Trinajstić information content (AvgIpc) is 2.33. The van der Waals surface area contributed by atoms with Crippen LogP contribution in [0.3, 0.4) is 0 Å². The van der Waals surface area contributed by atoms with E-state index in [2.05, 4.69) is 24.3 Å². The van der Waals surface area contributed by atoms with Crippen LogP contribution in [-0.4, -0.2) is 0 Å². The molecule has 0 N–H and O–H groups in total. The zero-order chi connectivity index (χ0) is 6.10. The standard InChI is InChI=1S/C6H4I2O/c1-2-4-6-5(3-1)7-9-8-6/h1-4H/q-2. The van der Waals surface area contributed by atoms with Crippen molar-refractivity contribution < 1.29 is 44.6 Å². The van der Waals surface area contributed by atoms with Gasteiger partial charge in [0.1, 0.15) is 0 Å². The van der Waals surface area contributed by atoms with Gasteiger partial charge in [-0.05, 0) is 0 Å². The monoisotopic (exact) mass is 346 g/mol. The van der Waals surface area contributed by atoms with Gasteiger partial charge in [0.25, 0.3) is 0 Å². The summed E-state index contributed by atoms with van der Waals surface area (Å²) in [5, 5.41) is 0. The Bertz CT molecular complexity index is 201. The summed E-state index contributed by atoms with van der Waals surface area (Å²) in [6.45, 7) is 0. The first-order chi connectivity index (χ1) is 4.47. The summed E-state index contributed by atoms with van der Waals surface area (Å²) in [5.41, 5.74) is 0. The number of hydrogen-bond acceptors (Lipinski definition) is 1. The third kappa shape index (κ3) is 1.22. The molecule has 0 saturated heterocycles. The van der Waals surface area contributed by atoms with Crippen LogP contribution in [0.15, 0.2) is 24.3 Å². The van der Waals surface area contributed by atoms with Gasteiger partial charge in [0, 0.05) is 0 Å². The summed E-state index contributed by atoms with van der Waals surface area (Å²) in [5.74, 6) is 0. The minimum atomic E-state index is -0.0286. The third-order valence-electron chi connectivity index (χ3n) is 1.05. The fraction of sp³-hybridized carbons (Fsp3) is 0. The van der Waals surface area contributed by atoms with Gasteiger partial charge in [-0.2, -0.15) is 0 Å². The number of halogens is 2. The quantitative estimate of drug-likeness (QED) is 0.428. The van der Waals surface area contributed by atoms with Crippen molar-refractivity contribution in [2.75, 3.05) is 0 Å². The molecule has 9 heavy (non-hydrogen) atoms. The van der Waals surface area contributed by atoms with Crippen LogP contribution in [0.5, 0.6) is 0 Å². The van der Waals surface area contributed by atoms with Gasteiger partial charge in [0.2, 0.25) is 0 Å². The number of hydrogen-bond donors (Lipinski definition) is 0. The molecule has 0 spiro atoms. The topological polar surface area (TPSA) is 9.23 Å². The van der Waals surface area contributed by atoms with E-state index in [0.717, 1.165) is 0 Å². The summed E-state index contributed by atoms with van der Waals surface area (Å²) in [7, 11) is 0. The second-order valence-corrected chi connectivity index (χ2v) is 7.40. The Morgan fingerprint density at radius 3 is 2.11 bits per heavy atom. The molecule has 0 atom stereocenters. The van der Waals surface area contributed by atoms with E-state index in [1.165, 1.54) is 7.14 Å². The Kier molecular flexibility index (Phi) is 1.91. The van der Waals surface area contributed by atoms with E-state index in [1.807, 2.05) is 0 Å². The van der Waals surface area contributed by atoms with E-state index >= 15 is 0 Å². The van der Waals surface area contributed by atoms with Crippen LogP contribution < -0.4 is 43.2 Å². The zero-order valence-corrected chi connectivity index (χ0v) is 8.79. The second-order valence-electron chi connectivity index (χ2n) is 1.63. The fourth-order valence-corrected chi connectivity index (χ4v) is 6.65. The molecule has 0 radical (unpaired) electrons. The predicted molar refractivity (Wildman–Crippen MR) is 24.9 cm³/mol. The van der Waals surface area contributed by atoms with Crippen LogP contribution in [0.25, 0.3) is 0 Å². The van der Waals surface area contributed by atoms with Crippen molar-refractivity contribution in [3.63, 3.8) is 0 Å².